The summed E-state index contributed by atoms with van der Waals surface area (Å²) in [4.78, 5) is 4.87. The van der Waals surface area contributed by atoms with Crippen molar-refractivity contribution in [1.82, 2.24) is 14.6 Å². The fourth-order valence-corrected chi connectivity index (χ4v) is 3.74. The number of benzene rings is 2. The summed E-state index contributed by atoms with van der Waals surface area (Å²) in [5.74, 6) is -0.0563. The lowest BCUT2D eigenvalue weighted by Crippen LogP contribution is -2.25. The molecule has 0 aliphatic heterocycles. The summed E-state index contributed by atoms with van der Waals surface area (Å²) in [6, 6.07) is 16.2. The van der Waals surface area contributed by atoms with Crippen molar-refractivity contribution < 1.29 is 9.84 Å². The molecule has 30 heavy (non-hydrogen) atoms. The summed E-state index contributed by atoms with van der Waals surface area (Å²) in [5, 5.41) is 16.3. The number of aliphatic hydroxyl groups excluding tert-OH is 1. The van der Waals surface area contributed by atoms with E-state index < -0.39 is 11.7 Å². The highest BCUT2D eigenvalue weighted by Crippen LogP contribution is 2.38. The zero-order valence-electron chi connectivity index (χ0n) is 18.1. The van der Waals surface area contributed by atoms with Crippen LogP contribution in [0.15, 0.2) is 60.9 Å². The fourth-order valence-electron chi connectivity index (χ4n) is 3.74. The van der Waals surface area contributed by atoms with Crippen LogP contribution in [0.5, 0.6) is 0 Å². The highest BCUT2D eigenvalue weighted by Gasteiger charge is 2.30. The molecule has 0 aliphatic rings. The molecule has 5 heteroatoms. The molecule has 0 amide bonds. The lowest BCUT2D eigenvalue weighted by Gasteiger charge is -2.29. The second-order valence-corrected chi connectivity index (χ2v) is 8.68. The highest BCUT2D eigenvalue weighted by atomic mass is 16.5. The van der Waals surface area contributed by atoms with E-state index in [1.54, 1.807) is 0 Å². The van der Waals surface area contributed by atoms with Crippen LogP contribution >= 0.6 is 0 Å². The van der Waals surface area contributed by atoms with Crippen LogP contribution in [0.25, 0.3) is 27.8 Å². The topological polar surface area (TPSA) is 59.7 Å². The largest absolute Gasteiger partial charge is 0.510 e. The Bertz CT molecular complexity index is 1250. The first-order valence-corrected chi connectivity index (χ1v) is 10.1. The Hall–Kier alpha value is -3.18. The molecular formula is C25H27N3O2. The van der Waals surface area contributed by atoms with Gasteiger partial charge in [0.15, 0.2) is 5.65 Å². The van der Waals surface area contributed by atoms with Crippen LogP contribution in [0.3, 0.4) is 0 Å². The molecule has 0 saturated heterocycles. The molecule has 2 aromatic heterocycles. The number of fused-ring (bicyclic) bond motifs is 3. The van der Waals surface area contributed by atoms with E-state index in [2.05, 4.69) is 37.8 Å². The number of hydrogen-bond acceptors (Lipinski definition) is 4. The number of rotatable bonds is 4. The van der Waals surface area contributed by atoms with Gasteiger partial charge in [-0.25, -0.2) is 9.50 Å². The van der Waals surface area contributed by atoms with E-state index in [9.17, 15) is 5.11 Å². The molecule has 4 rings (SSSR count). The van der Waals surface area contributed by atoms with E-state index in [-0.39, 0.29) is 5.76 Å². The lowest BCUT2D eigenvalue weighted by molar-refractivity contribution is -0.0598. The molecular weight excluding hydrogens is 374 g/mol. The first-order valence-electron chi connectivity index (χ1n) is 10.1. The summed E-state index contributed by atoms with van der Waals surface area (Å²) in [6.45, 7) is 13.7. The highest BCUT2D eigenvalue weighted by molar-refractivity contribution is 5.93. The first kappa shape index (κ1) is 20.1. The number of nitrogens with zero attached hydrogens (tertiary/aromatic N) is 3. The van der Waals surface area contributed by atoms with Gasteiger partial charge in [0.25, 0.3) is 0 Å². The van der Waals surface area contributed by atoms with E-state index in [4.69, 9.17) is 14.8 Å². The first-order chi connectivity index (χ1) is 14.2. The Balaban J connectivity index is 2.12. The molecule has 0 radical (unpaired) electrons. The van der Waals surface area contributed by atoms with E-state index in [1.165, 1.54) is 5.56 Å². The molecule has 2 heterocycles. The molecule has 2 aromatic carbocycles. The van der Waals surface area contributed by atoms with Gasteiger partial charge in [-0.1, -0.05) is 48.5 Å². The van der Waals surface area contributed by atoms with Crippen LogP contribution in [0.1, 0.15) is 43.7 Å². The Morgan fingerprint density at radius 2 is 1.73 bits per heavy atom. The normalized spacial score (nSPS) is 13.1. The number of aliphatic hydroxyl groups is 1. The predicted octanol–water partition coefficient (Wildman–Crippen LogP) is 6.09. The fraction of sp³-hybridized carbons (Fsp3) is 0.280. The van der Waals surface area contributed by atoms with Crippen LogP contribution in [0.2, 0.25) is 0 Å². The van der Waals surface area contributed by atoms with Crippen molar-refractivity contribution in [3.63, 3.8) is 0 Å². The number of hydrogen-bond donors (Lipinski definition) is 1. The van der Waals surface area contributed by atoms with Gasteiger partial charge in [0.05, 0.1) is 16.8 Å². The zero-order valence-corrected chi connectivity index (χ0v) is 18.1. The molecule has 1 unspecified atom stereocenters. The van der Waals surface area contributed by atoms with Crippen molar-refractivity contribution >= 4 is 16.6 Å². The molecule has 5 nitrogen and oxygen atoms in total. The summed E-state index contributed by atoms with van der Waals surface area (Å²) >= 11 is 0. The predicted molar refractivity (Wildman–Crippen MR) is 121 cm³/mol. The van der Waals surface area contributed by atoms with Crippen molar-refractivity contribution in [2.45, 2.75) is 46.3 Å². The Labute approximate surface area is 176 Å². The molecule has 0 saturated carbocycles. The van der Waals surface area contributed by atoms with Crippen molar-refractivity contribution in [2.75, 3.05) is 0 Å². The van der Waals surface area contributed by atoms with Gasteiger partial charge < -0.3 is 9.84 Å². The minimum absolute atomic E-state index is 0.0563. The monoisotopic (exact) mass is 401 g/mol. The quantitative estimate of drug-likeness (QED) is 0.420. The molecule has 1 atom stereocenters. The maximum atomic E-state index is 10.5. The van der Waals surface area contributed by atoms with Gasteiger partial charge in [-0.2, -0.15) is 5.10 Å². The standard InChI is InChI=1S/C25H27N3O2/c1-15-11-13-18(14-12-15)22-21(23(17(3)29)30-25(4,5)6)16(2)26-24-19-9-7-8-10-20(19)27-28(22)24/h7-14,23,29H,3H2,1-2,4-6H3. The van der Waals surface area contributed by atoms with E-state index >= 15 is 0 Å². The molecule has 0 fully saturated rings. The number of aromatic nitrogens is 3. The van der Waals surface area contributed by atoms with Crippen LogP contribution in [-0.2, 0) is 4.74 Å². The minimum atomic E-state index is -0.731. The molecule has 0 aliphatic carbocycles. The summed E-state index contributed by atoms with van der Waals surface area (Å²) in [6.07, 6.45) is -0.731. The van der Waals surface area contributed by atoms with Crippen molar-refractivity contribution in [3.05, 3.63) is 77.7 Å². The van der Waals surface area contributed by atoms with Crippen molar-refractivity contribution in [3.8, 4) is 11.3 Å². The van der Waals surface area contributed by atoms with E-state index in [0.29, 0.717) is 0 Å². The SMILES string of the molecule is C=C(O)C(OC(C)(C)C)c1c(C)nc2c3ccccc3nn2c1-c1ccc(C)cc1. The van der Waals surface area contributed by atoms with Crippen molar-refractivity contribution in [2.24, 2.45) is 0 Å². The average Bonchev–Trinajstić information content (AvgIpc) is 3.03. The van der Waals surface area contributed by atoms with Crippen LogP contribution in [0.4, 0.5) is 0 Å². The van der Waals surface area contributed by atoms with Gasteiger partial charge in [-0.05, 0) is 46.8 Å². The van der Waals surface area contributed by atoms with E-state index in [0.717, 1.165) is 39.1 Å². The van der Waals surface area contributed by atoms with Crippen LogP contribution in [-0.4, -0.2) is 25.3 Å². The van der Waals surface area contributed by atoms with E-state index in [1.807, 2.05) is 56.5 Å². The maximum Gasteiger partial charge on any atom is 0.163 e. The Morgan fingerprint density at radius 3 is 2.37 bits per heavy atom. The second-order valence-electron chi connectivity index (χ2n) is 8.68. The zero-order chi connectivity index (χ0) is 21.6. The minimum Gasteiger partial charge on any atom is -0.510 e. The second kappa shape index (κ2) is 7.26. The summed E-state index contributed by atoms with van der Waals surface area (Å²) in [7, 11) is 0. The average molecular weight is 402 g/mol. The van der Waals surface area contributed by atoms with Gasteiger partial charge in [-0.3, -0.25) is 0 Å². The molecule has 0 bridgehead atoms. The summed E-state index contributed by atoms with van der Waals surface area (Å²) < 4.78 is 8.11. The third-order valence-corrected chi connectivity index (χ3v) is 5.04. The van der Waals surface area contributed by atoms with Crippen LogP contribution in [0, 0.1) is 13.8 Å². The van der Waals surface area contributed by atoms with Gasteiger partial charge >= 0.3 is 0 Å². The molecule has 0 spiro atoms. The van der Waals surface area contributed by atoms with Gasteiger partial charge in [0, 0.05) is 22.2 Å². The third kappa shape index (κ3) is 3.57. The molecule has 4 aromatic rings. The molecule has 154 valence electrons. The third-order valence-electron chi connectivity index (χ3n) is 5.04. The Morgan fingerprint density at radius 1 is 1.07 bits per heavy atom. The summed E-state index contributed by atoms with van der Waals surface area (Å²) in [5.41, 5.74) is 5.68. The van der Waals surface area contributed by atoms with Crippen molar-refractivity contribution in [1.29, 1.82) is 0 Å². The van der Waals surface area contributed by atoms with Gasteiger partial charge in [-0.15, -0.1) is 0 Å². The number of aryl methyl sites for hydroxylation is 2. The van der Waals surface area contributed by atoms with Gasteiger partial charge in [0.1, 0.15) is 11.9 Å². The maximum absolute atomic E-state index is 10.5. The Kier molecular flexibility index (Phi) is 4.86. The lowest BCUT2D eigenvalue weighted by atomic mass is 9.97. The molecule has 1 N–H and O–H groups in total. The smallest absolute Gasteiger partial charge is 0.163 e. The van der Waals surface area contributed by atoms with Crippen LogP contribution < -0.4 is 0 Å². The number of ether oxygens (including phenoxy) is 1. The van der Waals surface area contributed by atoms with Gasteiger partial charge in [0.2, 0.25) is 0 Å².